The molecule has 0 spiro atoms. The van der Waals surface area contributed by atoms with Crippen molar-refractivity contribution < 1.29 is 0 Å². The molecule has 2 unspecified atom stereocenters. The minimum atomic E-state index is 0.735. The zero-order valence-corrected chi connectivity index (χ0v) is 12.4. The van der Waals surface area contributed by atoms with Crippen LogP contribution in [0.2, 0.25) is 0 Å². The third kappa shape index (κ3) is 2.70. The van der Waals surface area contributed by atoms with Crippen molar-refractivity contribution in [2.45, 2.75) is 63.7 Å². The summed E-state index contributed by atoms with van der Waals surface area (Å²) in [5, 5.41) is 8.27. The van der Waals surface area contributed by atoms with Crippen LogP contribution in [0.3, 0.4) is 0 Å². The van der Waals surface area contributed by atoms with Gasteiger partial charge in [0.05, 0.1) is 11.4 Å². The molecule has 106 valence electrons. The van der Waals surface area contributed by atoms with Gasteiger partial charge in [0.15, 0.2) is 0 Å². The first kappa shape index (κ1) is 13.1. The summed E-state index contributed by atoms with van der Waals surface area (Å²) in [6, 6.07) is 4.53. The minimum absolute atomic E-state index is 0.735. The van der Waals surface area contributed by atoms with Crippen LogP contribution in [-0.2, 0) is 20.0 Å². The highest BCUT2D eigenvalue weighted by atomic mass is 15.3. The van der Waals surface area contributed by atoms with Gasteiger partial charge in [-0.2, -0.15) is 5.10 Å². The van der Waals surface area contributed by atoms with Crippen LogP contribution in [-0.4, -0.2) is 39.9 Å². The molecule has 19 heavy (non-hydrogen) atoms. The normalized spacial score (nSPS) is 30.2. The Morgan fingerprint density at radius 2 is 2.05 bits per heavy atom. The van der Waals surface area contributed by atoms with Gasteiger partial charge in [0.25, 0.3) is 0 Å². The summed E-state index contributed by atoms with van der Waals surface area (Å²) < 4.78 is 2.05. The van der Waals surface area contributed by atoms with Crippen LogP contribution in [0.1, 0.15) is 44.0 Å². The van der Waals surface area contributed by atoms with Gasteiger partial charge in [0.1, 0.15) is 0 Å². The van der Waals surface area contributed by atoms with Crippen LogP contribution in [0.5, 0.6) is 0 Å². The molecule has 0 amide bonds. The average Bonchev–Trinajstić information content (AvgIpc) is 2.92. The summed E-state index contributed by atoms with van der Waals surface area (Å²) in [6.45, 7) is 3.19. The van der Waals surface area contributed by atoms with E-state index < -0.39 is 0 Å². The Labute approximate surface area is 116 Å². The maximum absolute atomic E-state index is 4.55. The van der Waals surface area contributed by atoms with Crippen LogP contribution in [0.4, 0.5) is 0 Å². The fourth-order valence-corrected chi connectivity index (χ4v) is 3.66. The SMILES string of the molecule is CCc1cc(CN(C)C2CC3CCC(C2)N3)n(C)n1. The van der Waals surface area contributed by atoms with Gasteiger partial charge in [0.2, 0.25) is 0 Å². The highest BCUT2D eigenvalue weighted by Gasteiger charge is 2.35. The van der Waals surface area contributed by atoms with E-state index in [1.807, 2.05) is 4.68 Å². The molecule has 2 bridgehead atoms. The Kier molecular flexibility index (Phi) is 3.63. The van der Waals surface area contributed by atoms with Crippen molar-refractivity contribution in [3.8, 4) is 0 Å². The lowest BCUT2D eigenvalue weighted by Crippen LogP contribution is -2.46. The number of piperidine rings is 1. The van der Waals surface area contributed by atoms with Crippen molar-refractivity contribution in [3.63, 3.8) is 0 Å². The Morgan fingerprint density at radius 3 is 2.63 bits per heavy atom. The fourth-order valence-electron chi connectivity index (χ4n) is 3.66. The summed E-state index contributed by atoms with van der Waals surface area (Å²) in [4.78, 5) is 2.53. The van der Waals surface area contributed by atoms with Crippen molar-refractivity contribution in [1.82, 2.24) is 20.0 Å². The molecule has 1 aromatic heterocycles. The number of nitrogens with one attached hydrogen (secondary N) is 1. The second-order valence-corrected chi connectivity index (χ2v) is 6.28. The zero-order chi connectivity index (χ0) is 13.4. The number of fused-ring (bicyclic) bond motifs is 2. The van der Waals surface area contributed by atoms with Crippen molar-refractivity contribution in [2.24, 2.45) is 7.05 Å². The van der Waals surface area contributed by atoms with E-state index >= 15 is 0 Å². The van der Waals surface area contributed by atoms with Gasteiger partial charge in [-0.15, -0.1) is 0 Å². The second kappa shape index (κ2) is 5.25. The molecule has 2 saturated heterocycles. The topological polar surface area (TPSA) is 33.1 Å². The molecule has 1 N–H and O–H groups in total. The number of aromatic nitrogens is 2. The monoisotopic (exact) mass is 262 g/mol. The van der Waals surface area contributed by atoms with E-state index in [4.69, 9.17) is 0 Å². The molecule has 0 aromatic carbocycles. The van der Waals surface area contributed by atoms with Crippen molar-refractivity contribution in [2.75, 3.05) is 7.05 Å². The smallest absolute Gasteiger partial charge is 0.0625 e. The van der Waals surface area contributed by atoms with E-state index in [2.05, 4.69) is 42.4 Å². The molecule has 2 fully saturated rings. The van der Waals surface area contributed by atoms with E-state index in [9.17, 15) is 0 Å². The number of rotatable bonds is 4. The second-order valence-electron chi connectivity index (χ2n) is 6.28. The first-order chi connectivity index (χ1) is 9.15. The molecular weight excluding hydrogens is 236 g/mol. The zero-order valence-electron chi connectivity index (χ0n) is 12.4. The molecule has 1 aromatic rings. The predicted molar refractivity (Wildman–Crippen MR) is 77.0 cm³/mol. The summed E-state index contributed by atoms with van der Waals surface area (Å²) in [5.41, 5.74) is 2.54. The first-order valence-electron chi connectivity index (χ1n) is 7.63. The van der Waals surface area contributed by atoms with Gasteiger partial charge in [0, 0.05) is 31.7 Å². The average molecular weight is 262 g/mol. The van der Waals surface area contributed by atoms with Crippen molar-refractivity contribution >= 4 is 0 Å². The highest BCUT2D eigenvalue weighted by molar-refractivity contribution is 5.10. The summed E-state index contributed by atoms with van der Waals surface area (Å²) in [5.74, 6) is 0. The van der Waals surface area contributed by atoms with Gasteiger partial charge < -0.3 is 5.32 Å². The van der Waals surface area contributed by atoms with Crippen LogP contribution in [0.25, 0.3) is 0 Å². The fraction of sp³-hybridized carbons (Fsp3) is 0.800. The van der Waals surface area contributed by atoms with E-state index in [-0.39, 0.29) is 0 Å². The maximum atomic E-state index is 4.55. The summed E-state index contributed by atoms with van der Waals surface area (Å²) >= 11 is 0. The number of hydrogen-bond acceptors (Lipinski definition) is 3. The lowest BCUT2D eigenvalue weighted by Gasteiger charge is -2.35. The van der Waals surface area contributed by atoms with Crippen LogP contribution < -0.4 is 5.32 Å². The van der Waals surface area contributed by atoms with Crippen LogP contribution >= 0.6 is 0 Å². The number of hydrogen-bond donors (Lipinski definition) is 1. The van der Waals surface area contributed by atoms with E-state index in [1.54, 1.807) is 0 Å². The van der Waals surface area contributed by atoms with Gasteiger partial charge in [-0.25, -0.2) is 0 Å². The first-order valence-corrected chi connectivity index (χ1v) is 7.63. The van der Waals surface area contributed by atoms with Crippen molar-refractivity contribution in [1.29, 1.82) is 0 Å². The third-order valence-electron chi connectivity index (χ3n) is 4.87. The number of aryl methyl sites for hydroxylation is 2. The van der Waals surface area contributed by atoms with E-state index in [0.29, 0.717) is 0 Å². The Balaban J connectivity index is 1.64. The molecule has 0 radical (unpaired) electrons. The standard InChI is InChI=1S/C15H26N4/c1-4-11-7-15(19(3)17-11)10-18(2)14-8-12-5-6-13(9-14)16-12/h7,12-14,16H,4-6,8-10H2,1-3H3. The van der Waals surface area contributed by atoms with Crippen molar-refractivity contribution in [3.05, 3.63) is 17.5 Å². The maximum Gasteiger partial charge on any atom is 0.0625 e. The minimum Gasteiger partial charge on any atom is -0.311 e. The summed E-state index contributed by atoms with van der Waals surface area (Å²) in [6.07, 6.45) is 6.40. The quantitative estimate of drug-likeness (QED) is 0.896. The highest BCUT2D eigenvalue weighted by Crippen LogP contribution is 2.29. The molecule has 2 aliphatic rings. The van der Waals surface area contributed by atoms with E-state index in [1.165, 1.54) is 37.1 Å². The Bertz CT molecular complexity index is 427. The molecule has 3 heterocycles. The Hall–Kier alpha value is -0.870. The Morgan fingerprint density at radius 1 is 1.37 bits per heavy atom. The molecule has 2 aliphatic heterocycles. The molecule has 0 saturated carbocycles. The third-order valence-corrected chi connectivity index (χ3v) is 4.87. The molecule has 4 nitrogen and oxygen atoms in total. The lowest BCUT2D eigenvalue weighted by atomic mass is 9.98. The van der Waals surface area contributed by atoms with E-state index in [0.717, 1.165) is 31.1 Å². The number of nitrogens with zero attached hydrogens (tertiary/aromatic N) is 3. The van der Waals surface area contributed by atoms with Gasteiger partial charge >= 0.3 is 0 Å². The summed E-state index contributed by atoms with van der Waals surface area (Å²) in [7, 11) is 4.34. The van der Waals surface area contributed by atoms with Gasteiger partial charge in [-0.3, -0.25) is 9.58 Å². The molecule has 4 heteroatoms. The van der Waals surface area contributed by atoms with Gasteiger partial charge in [-0.1, -0.05) is 6.92 Å². The molecule has 3 rings (SSSR count). The largest absolute Gasteiger partial charge is 0.311 e. The lowest BCUT2D eigenvalue weighted by molar-refractivity contribution is 0.163. The van der Waals surface area contributed by atoms with Crippen LogP contribution in [0.15, 0.2) is 6.07 Å². The molecule has 2 atom stereocenters. The molecular formula is C15H26N4. The van der Waals surface area contributed by atoms with Gasteiger partial charge in [-0.05, 0) is 45.2 Å². The van der Waals surface area contributed by atoms with Crippen LogP contribution in [0, 0.1) is 0 Å². The molecule has 0 aliphatic carbocycles. The predicted octanol–water partition coefficient (Wildman–Crippen LogP) is 1.70.